The third kappa shape index (κ3) is 5.47. The van der Waals surface area contributed by atoms with Crippen molar-refractivity contribution < 1.29 is 18.0 Å². The van der Waals surface area contributed by atoms with E-state index in [2.05, 4.69) is 9.88 Å². The summed E-state index contributed by atoms with van der Waals surface area (Å²) in [6.45, 7) is 2.21. The SMILES string of the molecule is CN1CCc2nc(C(=O)N3CCN(S(=O)(=O)c4cc5ccc(Cl)cc5s4)CC3CCC(=O)N(C)C)sc2C1. The monoisotopic (exact) mass is 595 g/mol. The summed E-state index contributed by atoms with van der Waals surface area (Å²) in [7, 11) is 1.64. The Balaban J connectivity index is 1.39. The Hall–Kier alpha value is -2.09. The van der Waals surface area contributed by atoms with E-state index in [1.165, 1.54) is 31.9 Å². The highest BCUT2D eigenvalue weighted by Crippen LogP contribution is 2.34. The van der Waals surface area contributed by atoms with Crippen LogP contribution in [0.25, 0.3) is 10.1 Å². The average Bonchev–Trinajstić information content (AvgIpc) is 3.50. The lowest BCUT2D eigenvalue weighted by Gasteiger charge is -2.40. The van der Waals surface area contributed by atoms with Gasteiger partial charge in [-0.05, 0) is 37.1 Å². The van der Waals surface area contributed by atoms with Gasteiger partial charge in [-0.25, -0.2) is 13.4 Å². The number of fused-ring (bicyclic) bond motifs is 2. The van der Waals surface area contributed by atoms with Crippen LogP contribution in [0.4, 0.5) is 0 Å². The van der Waals surface area contributed by atoms with Crippen molar-refractivity contribution in [2.45, 2.75) is 36.1 Å². The summed E-state index contributed by atoms with van der Waals surface area (Å²) in [5.74, 6) is -0.255. The average molecular weight is 596 g/mol. The molecule has 0 saturated carbocycles. The molecule has 1 saturated heterocycles. The van der Waals surface area contributed by atoms with E-state index < -0.39 is 16.1 Å². The van der Waals surface area contributed by atoms with Crippen LogP contribution in [-0.4, -0.2) is 97.6 Å². The fourth-order valence-corrected chi connectivity index (χ4v) is 9.29. The van der Waals surface area contributed by atoms with Gasteiger partial charge in [-0.15, -0.1) is 22.7 Å². The van der Waals surface area contributed by atoms with Crippen LogP contribution in [0.2, 0.25) is 5.02 Å². The van der Waals surface area contributed by atoms with Gasteiger partial charge < -0.3 is 14.7 Å². The Labute approximate surface area is 235 Å². The highest BCUT2D eigenvalue weighted by atomic mass is 35.5. The van der Waals surface area contributed by atoms with Crippen molar-refractivity contribution in [3.05, 3.63) is 44.9 Å². The Bertz CT molecular complexity index is 1490. The number of benzene rings is 1. The molecule has 1 fully saturated rings. The zero-order chi connectivity index (χ0) is 27.2. The number of nitrogens with zero attached hydrogens (tertiary/aromatic N) is 5. The Morgan fingerprint density at radius 3 is 2.71 bits per heavy atom. The lowest BCUT2D eigenvalue weighted by Crippen LogP contribution is -2.56. The minimum Gasteiger partial charge on any atom is -0.349 e. The molecule has 3 aromatic rings. The third-order valence-corrected chi connectivity index (χ3v) is 11.8. The van der Waals surface area contributed by atoms with Crippen LogP contribution in [0, 0.1) is 0 Å². The van der Waals surface area contributed by atoms with Crippen molar-refractivity contribution >= 4 is 66.2 Å². The molecule has 38 heavy (non-hydrogen) atoms. The maximum atomic E-state index is 13.7. The molecule has 0 spiro atoms. The Morgan fingerprint density at radius 1 is 1.16 bits per heavy atom. The van der Waals surface area contributed by atoms with E-state index in [4.69, 9.17) is 11.6 Å². The first-order chi connectivity index (χ1) is 18.0. The van der Waals surface area contributed by atoms with Crippen LogP contribution in [0.1, 0.15) is 33.2 Å². The third-order valence-electron chi connectivity index (χ3n) is 7.06. The number of hydrogen-bond donors (Lipinski definition) is 0. The number of amides is 2. The van der Waals surface area contributed by atoms with Gasteiger partial charge in [0.25, 0.3) is 15.9 Å². The lowest BCUT2D eigenvalue weighted by molar-refractivity contribution is -0.129. The second-order valence-corrected chi connectivity index (χ2v) is 14.7. The lowest BCUT2D eigenvalue weighted by atomic mass is 10.1. The molecule has 2 aromatic heterocycles. The second kappa shape index (κ2) is 10.8. The van der Waals surface area contributed by atoms with Crippen molar-refractivity contribution in [1.82, 2.24) is 24.0 Å². The minimum atomic E-state index is -3.79. The first-order valence-corrected chi connectivity index (χ1v) is 15.9. The van der Waals surface area contributed by atoms with Gasteiger partial charge in [-0.2, -0.15) is 4.31 Å². The molecule has 13 heteroatoms. The molecule has 2 aliphatic heterocycles. The molecule has 0 radical (unpaired) electrons. The molecular weight excluding hydrogens is 566 g/mol. The summed E-state index contributed by atoms with van der Waals surface area (Å²) < 4.78 is 29.8. The minimum absolute atomic E-state index is 0.0634. The zero-order valence-corrected chi connectivity index (χ0v) is 24.7. The van der Waals surface area contributed by atoms with E-state index in [0.29, 0.717) is 16.5 Å². The van der Waals surface area contributed by atoms with E-state index in [0.717, 1.165) is 40.2 Å². The second-order valence-electron chi connectivity index (χ2n) is 9.97. The van der Waals surface area contributed by atoms with Crippen molar-refractivity contribution in [1.29, 1.82) is 0 Å². The fourth-order valence-electron chi connectivity index (χ4n) is 4.85. The first-order valence-electron chi connectivity index (χ1n) is 12.4. The van der Waals surface area contributed by atoms with Crippen LogP contribution in [-0.2, 0) is 27.8 Å². The number of thiazole rings is 1. The molecule has 2 aliphatic rings. The molecule has 0 aliphatic carbocycles. The van der Waals surface area contributed by atoms with Crippen LogP contribution in [0.5, 0.6) is 0 Å². The van der Waals surface area contributed by atoms with Gasteiger partial charge in [-0.3, -0.25) is 9.59 Å². The molecule has 1 unspecified atom stereocenters. The predicted octanol–water partition coefficient (Wildman–Crippen LogP) is 3.38. The van der Waals surface area contributed by atoms with Gasteiger partial charge in [0.15, 0.2) is 5.01 Å². The molecule has 1 atom stereocenters. The molecule has 4 heterocycles. The molecule has 0 bridgehead atoms. The number of likely N-dealkylation sites (N-methyl/N-ethyl adjacent to an activating group) is 1. The van der Waals surface area contributed by atoms with E-state index in [1.807, 2.05) is 13.1 Å². The number of carbonyl (C=O) groups excluding carboxylic acids is 2. The topological polar surface area (TPSA) is 94.1 Å². The molecule has 2 amide bonds. The standard InChI is InChI=1S/C25H30ClN5O4S3/c1-28(2)22(32)7-6-18-14-30(38(34,35)23-12-16-4-5-17(26)13-20(16)36-23)10-11-31(18)25(33)24-27-19-8-9-29(3)15-21(19)37-24/h4-5,12-13,18H,6-11,14-15H2,1-3H3. The summed E-state index contributed by atoms with van der Waals surface area (Å²) in [4.78, 5) is 37.2. The maximum absolute atomic E-state index is 13.7. The highest BCUT2D eigenvalue weighted by Gasteiger charge is 2.38. The van der Waals surface area contributed by atoms with Crippen molar-refractivity contribution in [3.63, 3.8) is 0 Å². The fraction of sp³-hybridized carbons (Fsp3) is 0.480. The number of thiophene rings is 1. The van der Waals surface area contributed by atoms with Gasteiger partial charge in [-0.1, -0.05) is 17.7 Å². The van der Waals surface area contributed by atoms with Crippen LogP contribution < -0.4 is 0 Å². The van der Waals surface area contributed by atoms with Gasteiger partial charge >= 0.3 is 0 Å². The van der Waals surface area contributed by atoms with E-state index in [9.17, 15) is 18.0 Å². The van der Waals surface area contributed by atoms with Crippen molar-refractivity contribution in [2.24, 2.45) is 0 Å². The molecule has 9 nitrogen and oxygen atoms in total. The maximum Gasteiger partial charge on any atom is 0.283 e. The number of halogens is 1. The quantitative estimate of drug-likeness (QED) is 0.434. The Kier molecular flexibility index (Phi) is 7.82. The van der Waals surface area contributed by atoms with Crippen LogP contribution >= 0.6 is 34.3 Å². The summed E-state index contributed by atoms with van der Waals surface area (Å²) in [5, 5.41) is 1.81. The van der Waals surface area contributed by atoms with Gasteiger partial charge in [0.1, 0.15) is 4.21 Å². The summed E-state index contributed by atoms with van der Waals surface area (Å²) in [5.41, 5.74) is 0.974. The molecule has 204 valence electrons. The number of hydrogen-bond acceptors (Lipinski definition) is 8. The number of aromatic nitrogens is 1. The summed E-state index contributed by atoms with van der Waals surface area (Å²) in [6, 6.07) is 6.54. The molecule has 1 aromatic carbocycles. The van der Waals surface area contributed by atoms with Gasteiger partial charge in [0, 0.05) is 80.3 Å². The van der Waals surface area contributed by atoms with Crippen LogP contribution in [0.15, 0.2) is 28.5 Å². The highest BCUT2D eigenvalue weighted by molar-refractivity contribution is 7.91. The molecule has 5 rings (SSSR count). The molecule has 0 N–H and O–H groups in total. The number of sulfonamides is 1. The first kappa shape index (κ1) is 27.5. The van der Waals surface area contributed by atoms with E-state index in [1.54, 1.807) is 37.2 Å². The van der Waals surface area contributed by atoms with E-state index >= 15 is 0 Å². The van der Waals surface area contributed by atoms with E-state index in [-0.39, 0.29) is 42.1 Å². The van der Waals surface area contributed by atoms with Crippen molar-refractivity contribution in [3.8, 4) is 0 Å². The van der Waals surface area contributed by atoms with Crippen LogP contribution in [0.3, 0.4) is 0 Å². The smallest absolute Gasteiger partial charge is 0.283 e. The number of carbonyl (C=O) groups is 2. The van der Waals surface area contributed by atoms with Crippen molar-refractivity contribution in [2.75, 3.05) is 47.3 Å². The zero-order valence-electron chi connectivity index (χ0n) is 21.5. The summed E-state index contributed by atoms with van der Waals surface area (Å²) >= 11 is 8.71. The Morgan fingerprint density at radius 2 is 1.95 bits per heavy atom. The normalized spacial score (nSPS) is 19.1. The van der Waals surface area contributed by atoms with Gasteiger partial charge in [0.2, 0.25) is 5.91 Å². The summed E-state index contributed by atoms with van der Waals surface area (Å²) in [6.07, 6.45) is 1.39. The number of rotatable bonds is 6. The largest absolute Gasteiger partial charge is 0.349 e. The number of piperazine rings is 1. The van der Waals surface area contributed by atoms with Gasteiger partial charge in [0.05, 0.1) is 5.69 Å². The predicted molar refractivity (Wildman–Crippen MR) is 150 cm³/mol. The molecular formula is C25H30ClN5O4S3.